The van der Waals surface area contributed by atoms with Gasteiger partial charge < -0.3 is 9.72 Å². The molecule has 2 aromatic rings. The minimum atomic E-state index is 0.536. The number of para-hydroxylation sites is 1. The Hall–Kier alpha value is -1.18. The summed E-state index contributed by atoms with van der Waals surface area (Å²) in [6.07, 6.45) is 5.12. The fourth-order valence-electron chi connectivity index (χ4n) is 1.72. The summed E-state index contributed by atoms with van der Waals surface area (Å²) >= 11 is 0.847. The number of benzene rings is 1. The van der Waals surface area contributed by atoms with Gasteiger partial charge >= 0.3 is 27.0 Å². The average molecular weight is 309 g/mol. The van der Waals surface area contributed by atoms with Crippen LogP contribution < -0.4 is 4.74 Å². The van der Waals surface area contributed by atoms with Gasteiger partial charge in [0.25, 0.3) is 0 Å². The summed E-state index contributed by atoms with van der Waals surface area (Å²) in [5, 5.41) is 0. The third-order valence-corrected chi connectivity index (χ3v) is 2.52. The monoisotopic (exact) mass is 307 g/mol. The van der Waals surface area contributed by atoms with Gasteiger partial charge in [0.05, 0.1) is 6.61 Å². The molecule has 0 saturated carbocycles. The van der Waals surface area contributed by atoms with Gasteiger partial charge in [0, 0.05) is 11.9 Å². The van der Waals surface area contributed by atoms with Crippen molar-refractivity contribution >= 4 is 15.3 Å². The second kappa shape index (κ2) is 6.67. The predicted octanol–water partition coefficient (Wildman–Crippen LogP) is 3.40. The van der Waals surface area contributed by atoms with Crippen LogP contribution in [0.4, 0.5) is 0 Å². The summed E-state index contributed by atoms with van der Waals surface area (Å²) in [5.41, 5.74) is 2.92. The summed E-state index contributed by atoms with van der Waals surface area (Å²) in [6.45, 7) is 0.536. The number of nitrogens with zero attached hydrogens (tertiary/aromatic N) is 1. The second-order valence-electron chi connectivity index (χ2n) is 3.60. The van der Waals surface area contributed by atoms with E-state index in [1.165, 1.54) is 0 Å². The van der Waals surface area contributed by atoms with Gasteiger partial charge in [-0.1, -0.05) is 29.8 Å². The molecule has 1 aliphatic heterocycles. The van der Waals surface area contributed by atoms with Crippen molar-refractivity contribution in [3.05, 3.63) is 66.0 Å². The molecule has 18 heavy (non-hydrogen) atoms. The normalized spacial score (nSPS) is 12.5. The molecule has 0 amide bonds. The van der Waals surface area contributed by atoms with Crippen LogP contribution in [0.5, 0.6) is 5.75 Å². The van der Waals surface area contributed by atoms with E-state index in [4.69, 9.17) is 14.4 Å². The zero-order valence-electron chi connectivity index (χ0n) is 9.77. The van der Waals surface area contributed by atoms with Gasteiger partial charge in [-0.25, -0.2) is 0 Å². The predicted molar refractivity (Wildman–Crippen MR) is 67.8 cm³/mol. The molecule has 2 nitrogen and oxygen atoms in total. The van der Waals surface area contributed by atoms with E-state index in [1.54, 1.807) is 6.20 Å². The van der Waals surface area contributed by atoms with E-state index < -0.39 is 0 Å². The number of rotatable bonds is 1. The third kappa shape index (κ3) is 2.98. The van der Waals surface area contributed by atoms with Crippen molar-refractivity contribution in [1.82, 2.24) is 4.98 Å². The summed E-state index contributed by atoms with van der Waals surface area (Å²) in [4.78, 5) is 4.30. The number of aromatic nitrogens is 1. The Bertz CT molecular complexity index is 543. The van der Waals surface area contributed by atoms with Crippen molar-refractivity contribution in [2.75, 3.05) is 6.61 Å². The van der Waals surface area contributed by atoms with Crippen LogP contribution in [-0.4, -0.2) is 11.6 Å². The van der Waals surface area contributed by atoms with Crippen LogP contribution in [0.25, 0.3) is 5.57 Å². The molecule has 1 aromatic heterocycles. The molecular weight excluding hydrogens is 299 g/mol. The number of ether oxygens (including phenoxy) is 1. The van der Waals surface area contributed by atoms with Crippen LogP contribution in [0.15, 0.2) is 48.7 Å². The molecule has 0 radical (unpaired) electrons. The fraction of sp³-hybridized carbons (Fsp3) is 0.0714. The Labute approximate surface area is 120 Å². The average Bonchev–Trinajstić information content (AvgIpc) is 2.50. The van der Waals surface area contributed by atoms with E-state index in [0.717, 1.165) is 39.9 Å². The first kappa shape index (κ1) is 13.3. The molecule has 86 valence electrons. The van der Waals surface area contributed by atoms with Gasteiger partial charge in [0.2, 0.25) is 0 Å². The number of halogens is 1. The van der Waals surface area contributed by atoms with Gasteiger partial charge in [-0.2, -0.15) is 0 Å². The van der Waals surface area contributed by atoms with Crippen LogP contribution >= 0.6 is 9.69 Å². The summed E-state index contributed by atoms with van der Waals surface area (Å²) < 4.78 is 5.65. The standard InChI is InChI=1S/C14H10NO.ClH.Zn/c1-2-7-14-11(5-1)9-12(10-16-14)13-6-3-4-8-15-13;;/h1-8H,10H2;1H;/q-1;;+2/p-1. The van der Waals surface area contributed by atoms with Crippen molar-refractivity contribution in [2.24, 2.45) is 0 Å². The van der Waals surface area contributed by atoms with Crippen LogP contribution in [0.1, 0.15) is 11.3 Å². The van der Waals surface area contributed by atoms with Gasteiger partial charge in [-0.15, -0.1) is 23.8 Å². The van der Waals surface area contributed by atoms with Gasteiger partial charge in [-0.3, -0.25) is 0 Å². The molecular formula is C14H10ClNOZn. The molecule has 1 aliphatic rings. The quantitative estimate of drug-likeness (QED) is 0.595. The summed E-state index contributed by atoms with van der Waals surface area (Å²) in [6, 6.07) is 13.7. The van der Waals surface area contributed by atoms with Crippen LogP contribution in [0, 0.1) is 6.08 Å². The van der Waals surface area contributed by atoms with E-state index in [1.807, 2.05) is 42.5 Å². The van der Waals surface area contributed by atoms with Crippen LogP contribution in [0.3, 0.4) is 0 Å². The van der Waals surface area contributed by atoms with Crippen molar-refractivity contribution in [3.63, 3.8) is 0 Å². The molecule has 0 saturated heterocycles. The number of pyridine rings is 1. The minimum absolute atomic E-state index is 0.536. The topological polar surface area (TPSA) is 22.1 Å². The first-order valence-corrected chi connectivity index (χ1v) is 9.36. The first-order valence-electron chi connectivity index (χ1n) is 5.46. The Kier molecular flexibility index (Phi) is 4.92. The van der Waals surface area contributed by atoms with Crippen LogP contribution in [0.2, 0.25) is 0 Å². The van der Waals surface area contributed by atoms with Crippen LogP contribution in [-0.2, 0) is 17.3 Å². The molecule has 0 N–H and O–H groups in total. The molecule has 1 aromatic carbocycles. The molecule has 0 fully saturated rings. The van der Waals surface area contributed by atoms with Crippen molar-refractivity contribution < 1.29 is 22.0 Å². The number of hydrogen-bond donors (Lipinski definition) is 0. The van der Waals surface area contributed by atoms with Gasteiger partial charge in [0.1, 0.15) is 0 Å². The number of hydrogen-bond acceptors (Lipinski definition) is 2. The Balaban J connectivity index is 0.000000574. The molecule has 0 spiro atoms. The second-order valence-corrected chi connectivity index (χ2v) is 3.60. The third-order valence-electron chi connectivity index (χ3n) is 2.52. The van der Waals surface area contributed by atoms with E-state index in [-0.39, 0.29) is 0 Å². The van der Waals surface area contributed by atoms with E-state index in [0.29, 0.717) is 6.61 Å². The molecule has 0 atom stereocenters. The first-order chi connectivity index (χ1) is 8.93. The Morgan fingerprint density at radius 1 is 1.11 bits per heavy atom. The fourth-order valence-corrected chi connectivity index (χ4v) is 1.72. The van der Waals surface area contributed by atoms with Gasteiger partial charge in [-0.05, 0) is 11.8 Å². The Morgan fingerprint density at radius 2 is 1.89 bits per heavy atom. The van der Waals surface area contributed by atoms with Crippen molar-refractivity contribution in [3.8, 4) is 5.75 Å². The maximum absolute atomic E-state index is 5.65. The zero-order chi connectivity index (χ0) is 12.8. The maximum atomic E-state index is 5.65. The molecule has 2 heterocycles. The van der Waals surface area contributed by atoms with Gasteiger partial charge in [0.15, 0.2) is 0 Å². The Morgan fingerprint density at radius 3 is 2.67 bits per heavy atom. The van der Waals surface area contributed by atoms with Crippen molar-refractivity contribution in [2.45, 2.75) is 0 Å². The number of fused-ring (bicyclic) bond motifs is 1. The SMILES string of the molecule is [C-]1=C(c2ccccn2)COc2ccccc21.[Cl][Zn+]. The van der Waals surface area contributed by atoms with E-state index in [9.17, 15) is 0 Å². The van der Waals surface area contributed by atoms with E-state index >= 15 is 0 Å². The molecule has 0 unspecified atom stereocenters. The van der Waals surface area contributed by atoms with E-state index in [2.05, 4.69) is 11.1 Å². The zero-order valence-corrected chi connectivity index (χ0v) is 13.5. The molecule has 0 bridgehead atoms. The molecule has 0 aliphatic carbocycles. The molecule has 4 heteroatoms. The van der Waals surface area contributed by atoms with Crippen molar-refractivity contribution in [1.29, 1.82) is 0 Å². The summed E-state index contributed by atoms with van der Waals surface area (Å²) in [5.74, 6) is 0.891. The summed E-state index contributed by atoms with van der Waals surface area (Å²) in [7, 11) is 4.76. The molecule has 3 rings (SSSR count).